The molecule has 0 saturated heterocycles. The van der Waals surface area contributed by atoms with Crippen LogP contribution in [-0.2, 0) is 11.2 Å². The van der Waals surface area contributed by atoms with Gasteiger partial charge < -0.3 is 14.8 Å². The number of aryl methyl sites for hydroxylation is 3. The summed E-state index contributed by atoms with van der Waals surface area (Å²) in [4.78, 5) is 21.2. The summed E-state index contributed by atoms with van der Waals surface area (Å²) >= 11 is 0. The number of fused-ring (bicyclic) bond motifs is 1. The van der Waals surface area contributed by atoms with E-state index in [2.05, 4.69) is 20.4 Å². The fourth-order valence-corrected chi connectivity index (χ4v) is 3.05. The van der Waals surface area contributed by atoms with Gasteiger partial charge in [0.2, 0.25) is 5.91 Å². The molecule has 1 N–H and O–H groups in total. The van der Waals surface area contributed by atoms with Gasteiger partial charge in [-0.15, -0.1) is 0 Å². The number of hydrogen-bond acceptors (Lipinski definition) is 6. The Labute approximate surface area is 157 Å². The van der Waals surface area contributed by atoms with Gasteiger partial charge in [0.25, 0.3) is 5.78 Å². The van der Waals surface area contributed by atoms with Crippen LogP contribution in [0.5, 0.6) is 11.5 Å². The van der Waals surface area contributed by atoms with Crippen molar-refractivity contribution in [2.45, 2.75) is 33.6 Å². The third-order valence-electron chi connectivity index (χ3n) is 4.42. The highest BCUT2D eigenvalue weighted by atomic mass is 16.5. The van der Waals surface area contributed by atoms with Crippen LogP contribution in [0.3, 0.4) is 0 Å². The maximum absolute atomic E-state index is 12.4. The number of ether oxygens (including phenoxy) is 2. The highest BCUT2D eigenvalue weighted by molar-refractivity contribution is 5.91. The van der Waals surface area contributed by atoms with Crippen molar-refractivity contribution in [3.05, 3.63) is 41.0 Å². The van der Waals surface area contributed by atoms with Gasteiger partial charge in [-0.25, -0.2) is 9.50 Å². The molecule has 3 aromatic rings. The smallest absolute Gasteiger partial charge is 0.252 e. The minimum Gasteiger partial charge on any atom is -0.493 e. The molecule has 2 aromatic heterocycles. The summed E-state index contributed by atoms with van der Waals surface area (Å²) in [6.07, 6.45) is 0.898. The molecule has 0 radical (unpaired) electrons. The first kappa shape index (κ1) is 18.6. The van der Waals surface area contributed by atoms with Crippen LogP contribution < -0.4 is 14.8 Å². The largest absolute Gasteiger partial charge is 0.493 e. The van der Waals surface area contributed by atoms with Crippen molar-refractivity contribution in [2.75, 3.05) is 19.5 Å². The quantitative estimate of drug-likeness (QED) is 0.718. The molecule has 0 atom stereocenters. The van der Waals surface area contributed by atoms with E-state index in [0.717, 1.165) is 17.0 Å². The lowest BCUT2D eigenvalue weighted by molar-refractivity contribution is -0.116. The van der Waals surface area contributed by atoms with Crippen molar-refractivity contribution >= 4 is 17.4 Å². The van der Waals surface area contributed by atoms with Gasteiger partial charge in [0, 0.05) is 29.6 Å². The molecule has 8 heteroatoms. The molecule has 27 heavy (non-hydrogen) atoms. The number of nitrogens with zero attached hydrogens (tertiary/aromatic N) is 4. The molecular formula is C19H23N5O3. The first-order valence-electron chi connectivity index (χ1n) is 8.64. The monoisotopic (exact) mass is 369 g/mol. The Morgan fingerprint density at radius 2 is 1.85 bits per heavy atom. The molecule has 1 aromatic carbocycles. The van der Waals surface area contributed by atoms with Crippen LogP contribution in [0.25, 0.3) is 5.78 Å². The number of carbonyl (C=O) groups is 1. The first-order chi connectivity index (χ1) is 12.9. The summed E-state index contributed by atoms with van der Waals surface area (Å²) in [5.41, 5.74) is 3.49. The standard InChI is InChI=1S/C19H23N5O3/c1-11-15(12(2)24-19(20-11)21-13(3)23-24)7-9-18(25)22-14-6-8-16(26-4)17(10-14)27-5/h6,8,10H,7,9H2,1-5H3,(H,22,25). The number of methoxy groups -OCH3 is 2. The second kappa shape index (κ2) is 7.61. The van der Waals surface area contributed by atoms with Crippen molar-refractivity contribution in [3.8, 4) is 11.5 Å². The lowest BCUT2D eigenvalue weighted by atomic mass is 10.1. The highest BCUT2D eigenvalue weighted by Gasteiger charge is 2.14. The minimum absolute atomic E-state index is 0.0871. The second-order valence-corrected chi connectivity index (χ2v) is 6.25. The first-order valence-corrected chi connectivity index (χ1v) is 8.64. The Morgan fingerprint density at radius 1 is 1.11 bits per heavy atom. The van der Waals surface area contributed by atoms with E-state index < -0.39 is 0 Å². The SMILES string of the molecule is COc1ccc(NC(=O)CCc2c(C)nc3nc(C)nn3c2C)cc1OC. The normalized spacial score (nSPS) is 10.9. The predicted molar refractivity (Wildman–Crippen MR) is 101 cm³/mol. The Morgan fingerprint density at radius 3 is 2.56 bits per heavy atom. The number of carbonyl (C=O) groups excluding carboxylic acids is 1. The summed E-state index contributed by atoms with van der Waals surface area (Å²) < 4.78 is 12.2. The molecule has 0 spiro atoms. The molecule has 0 saturated carbocycles. The average molecular weight is 369 g/mol. The maximum atomic E-state index is 12.4. The van der Waals surface area contributed by atoms with Crippen molar-refractivity contribution in [2.24, 2.45) is 0 Å². The van der Waals surface area contributed by atoms with Crippen molar-refractivity contribution in [1.29, 1.82) is 0 Å². The van der Waals surface area contributed by atoms with Crippen LogP contribution >= 0.6 is 0 Å². The molecule has 0 fully saturated rings. The van der Waals surface area contributed by atoms with Gasteiger partial charge >= 0.3 is 0 Å². The van der Waals surface area contributed by atoms with E-state index in [-0.39, 0.29) is 5.91 Å². The molecule has 8 nitrogen and oxygen atoms in total. The Kier molecular flexibility index (Phi) is 5.25. The van der Waals surface area contributed by atoms with E-state index in [9.17, 15) is 4.79 Å². The van der Waals surface area contributed by atoms with E-state index in [4.69, 9.17) is 9.47 Å². The van der Waals surface area contributed by atoms with Crippen LogP contribution in [0, 0.1) is 20.8 Å². The molecule has 0 bridgehead atoms. The molecule has 0 aliphatic rings. The van der Waals surface area contributed by atoms with Crippen LogP contribution in [0.4, 0.5) is 5.69 Å². The van der Waals surface area contributed by atoms with Gasteiger partial charge in [-0.05, 0) is 44.9 Å². The second-order valence-electron chi connectivity index (χ2n) is 6.25. The van der Waals surface area contributed by atoms with Gasteiger partial charge in [-0.3, -0.25) is 4.79 Å². The number of hydrogen-bond donors (Lipinski definition) is 1. The molecule has 3 rings (SSSR count). The topological polar surface area (TPSA) is 90.6 Å². The lowest BCUT2D eigenvalue weighted by Gasteiger charge is -2.12. The number of benzene rings is 1. The van der Waals surface area contributed by atoms with Crippen LogP contribution in [0.1, 0.15) is 29.2 Å². The van der Waals surface area contributed by atoms with Gasteiger partial charge in [-0.2, -0.15) is 10.1 Å². The zero-order valence-corrected chi connectivity index (χ0v) is 16.2. The third-order valence-corrected chi connectivity index (χ3v) is 4.42. The van der Waals surface area contributed by atoms with Gasteiger partial charge in [0.05, 0.1) is 14.2 Å². The van der Waals surface area contributed by atoms with Crippen LogP contribution in [0.2, 0.25) is 0 Å². The number of nitrogens with one attached hydrogen (secondary N) is 1. The van der Waals surface area contributed by atoms with E-state index in [1.165, 1.54) is 0 Å². The Hall–Kier alpha value is -3.16. The van der Waals surface area contributed by atoms with Crippen molar-refractivity contribution in [1.82, 2.24) is 19.6 Å². The zero-order chi connectivity index (χ0) is 19.6. The van der Waals surface area contributed by atoms with E-state index in [1.807, 2.05) is 20.8 Å². The zero-order valence-electron chi connectivity index (χ0n) is 16.2. The van der Waals surface area contributed by atoms with E-state index in [1.54, 1.807) is 36.9 Å². The maximum Gasteiger partial charge on any atom is 0.252 e. The number of aromatic nitrogens is 4. The van der Waals surface area contributed by atoms with Crippen LogP contribution in [-0.4, -0.2) is 39.7 Å². The van der Waals surface area contributed by atoms with Crippen molar-refractivity contribution in [3.63, 3.8) is 0 Å². The molecule has 1 amide bonds. The summed E-state index contributed by atoms with van der Waals surface area (Å²) in [6.45, 7) is 5.73. The molecular weight excluding hydrogens is 346 g/mol. The van der Waals surface area contributed by atoms with Crippen molar-refractivity contribution < 1.29 is 14.3 Å². The third kappa shape index (κ3) is 3.84. The summed E-state index contributed by atoms with van der Waals surface area (Å²) in [6, 6.07) is 5.27. The number of rotatable bonds is 6. The lowest BCUT2D eigenvalue weighted by Crippen LogP contribution is -2.14. The van der Waals surface area contributed by atoms with E-state index in [0.29, 0.717) is 41.6 Å². The fourth-order valence-electron chi connectivity index (χ4n) is 3.05. The fraction of sp³-hybridized carbons (Fsp3) is 0.368. The highest BCUT2D eigenvalue weighted by Crippen LogP contribution is 2.29. The molecule has 142 valence electrons. The summed E-state index contributed by atoms with van der Waals surface area (Å²) in [5.74, 6) is 2.35. The molecule has 0 aliphatic carbocycles. The number of anilines is 1. The van der Waals surface area contributed by atoms with Gasteiger partial charge in [-0.1, -0.05) is 0 Å². The summed E-state index contributed by atoms with van der Waals surface area (Å²) in [5, 5.41) is 7.25. The van der Waals surface area contributed by atoms with Gasteiger partial charge in [0.1, 0.15) is 5.82 Å². The molecule has 0 unspecified atom stereocenters. The Balaban J connectivity index is 1.72. The predicted octanol–water partition coefficient (Wildman–Crippen LogP) is 2.64. The average Bonchev–Trinajstić information content (AvgIpc) is 3.01. The van der Waals surface area contributed by atoms with Gasteiger partial charge in [0.15, 0.2) is 11.5 Å². The number of amides is 1. The van der Waals surface area contributed by atoms with Crippen LogP contribution in [0.15, 0.2) is 18.2 Å². The Bertz CT molecular complexity index is 997. The molecule has 2 heterocycles. The minimum atomic E-state index is -0.0871. The van der Waals surface area contributed by atoms with E-state index >= 15 is 0 Å². The summed E-state index contributed by atoms with van der Waals surface area (Å²) in [7, 11) is 3.13. The molecule has 0 aliphatic heterocycles.